The van der Waals surface area contributed by atoms with Crippen LogP contribution in [-0.4, -0.2) is 29.6 Å². The number of hydrogen-bond donors (Lipinski definition) is 1. The molecule has 1 fully saturated rings. The van der Waals surface area contributed by atoms with Crippen molar-refractivity contribution < 1.29 is 13.9 Å². The van der Waals surface area contributed by atoms with Gasteiger partial charge in [-0.05, 0) is 31.4 Å². The molecule has 2 aromatic rings. The van der Waals surface area contributed by atoms with Crippen LogP contribution in [0, 0.1) is 0 Å². The van der Waals surface area contributed by atoms with Gasteiger partial charge in [0.05, 0.1) is 23.3 Å². The molecule has 0 saturated carbocycles. The highest BCUT2D eigenvalue weighted by molar-refractivity contribution is 7.09. The third-order valence-electron chi connectivity index (χ3n) is 4.13. The summed E-state index contributed by atoms with van der Waals surface area (Å²) >= 11 is 1.64. The normalized spacial score (nSPS) is 17.4. The molecule has 0 unspecified atom stereocenters. The molecule has 24 heavy (non-hydrogen) atoms. The van der Waals surface area contributed by atoms with Crippen LogP contribution in [-0.2, 0) is 24.3 Å². The molecule has 6 nitrogen and oxygen atoms in total. The quantitative estimate of drug-likeness (QED) is 0.867. The van der Waals surface area contributed by atoms with Gasteiger partial charge in [-0.15, -0.1) is 11.3 Å². The van der Waals surface area contributed by atoms with Crippen molar-refractivity contribution in [3.8, 4) is 0 Å². The molecule has 3 rings (SSSR count). The fourth-order valence-electron chi connectivity index (χ4n) is 2.96. The van der Waals surface area contributed by atoms with Crippen molar-refractivity contribution in [2.24, 2.45) is 0 Å². The predicted octanol–water partition coefficient (Wildman–Crippen LogP) is 3.49. The highest BCUT2D eigenvalue weighted by atomic mass is 32.1. The number of hydrogen-bond acceptors (Lipinski definition) is 5. The summed E-state index contributed by atoms with van der Waals surface area (Å²) in [4.78, 5) is 18.9. The van der Waals surface area contributed by atoms with Gasteiger partial charge in [0, 0.05) is 19.0 Å². The first-order chi connectivity index (χ1) is 11.7. The van der Waals surface area contributed by atoms with Gasteiger partial charge in [-0.25, -0.2) is 9.78 Å². The van der Waals surface area contributed by atoms with E-state index < -0.39 is 0 Å². The third-order valence-corrected chi connectivity index (χ3v) is 5.18. The summed E-state index contributed by atoms with van der Waals surface area (Å²) in [6.45, 7) is 3.74. The Balaban J connectivity index is 1.60. The number of likely N-dealkylation sites (tertiary alicyclic amines) is 1. The molecule has 0 aliphatic carbocycles. The highest BCUT2D eigenvalue weighted by Gasteiger charge is 2.32. The Kier molecular flexibility index (Phi) is 5.52. The molecular weight excluding hydrogens is 326 g/mol. The topological polar surface area (TPSA) is 67.6 Å². The van der Waals surface area contributed by atoms with E-state index in [1.807, 2.05) is 22.4 Å². The van der Waals surface area contributed by atoms with Gasteiger partial charge in [-0.3, -0.25) is 0 Å². The van der Waals surface area contributed by atoms with Crippen LogP contribution in [0.15, 0.2) is 21.9 Å². The number of methoxy groups -OCH3 is 1. The maximum absolute atomic E-state index is 12.5. The fraction of sp³-hybridized carbons (Fsp3) is 0.529. The number of thiazole rings is 1. The van der Waals surface area contributed by atoms with E-state index in [0.717, 1.165) is 48.0 Å². The Hall–Kier alpha value is -1.86. The first kappa shape index (κ1) is 17.0. The Morgan fingerprint density at radius 3 is 3.17 bits per heavy atom. The summed E-state index contributed by atoms with van der Waals surface area (Å²) in [5.41, 5.74) is 0.918. The number of aromatic nitrogens is 1. The molecule has 2 aromatic heterocycles. The molecule has 0 aromatic carbocycles. The molecule has 1 saturated heterocycles. The van der Waals surface area contributed by atoms with Gasteiger partial charge < -0.3 is 19.4 Å². The zero-order valence-electron chi connectivity index (χ0n) is 14.1. The summed E-state index contributed by atoms with van der Waals surface area (Å²) in [5.74, 6) is 1.62. The van der Waals surface area contributed by atoms with Gasteiger partial charge in [0.25, 0.3) is 0 Å². The number of carbonyl (C=O) groups is 1. The summed E-state index contributed by atoms with van der Waals surface area (Å²) < 4.78 is 10.9. The lowest BCUT2D eigenvalue weighted by molar-refractivity contribution is 0.156. The van der Waals surface area contributed by atoms with Crippen molar-refractivity contribution in [3.05, 3.63) is 39.7 Å². The van der Waals surface area contributed by atoms with Crippen LogP contribution in [0.2, 0.25) is 0 Å². The molecule has 130 valence electrons. The summed E-state index contributed by atoms with van der Waals surface area (Å²) in [7, 11) is 1.64. The summed E-state index contributed by atoms with van der Waals surface area (Å²) in [5, 5.41) is 6.08. The minimum Gasteiger partial charge on any atom is -0.461 e. The maximum atomic E-state index is 12.5. The van der Waals surface area contributed by atoms with Gasteiger partial charge in [0.15, 0.2) is 0 Å². The van der Waals surface area contributed by atoms with E-state index >= 15 is 0 Å². The number of ether oxygens (including phenoxy) is 1. The lowest BCUT2D eigenvalue weighted by Gasteiger charge is -2.23. The van der Waals surface area contributed by atoms with Crippen LogP contribution >= 0.6 is 11.3 Å². The van der Waals surface area contributed by atoms with Crippen LogP contribution in [0.3, 0.4) is 0 Å². The first-order valence-corrected chi connectivity index (χ1v) is 9.14. The van der Waals surface area contributed by atoms with Gasteiger partial charge in [-0.2, -0.15) is 0 Å². The number of nitrogens with one attached hydrogen (secondary N) is 1. The Morgan fingerprint density at radius 1 is 1.54 bits per heavy atom. The molecule has 0 bridgehead atoms. The van der Waals surface area contributed by atoms with E-state index in [0.29, 0.717) is 13.2 Å². The molecule has 7 heteroatoms. The molecule has 1 aliphatic heterocycles. The maximum Gasteiger partial charge on any atom is 0.318 e. The third kappa shape index (κ3) is 3.79. The Labute approximate surface area is 145 Å². The van der Waals surface area contributed by atoms with Crippen LogP contribution < -0.4 is 5.32 Å². The van der Waals surface area contributed by atoms with E-state index in [2.05, 4.69) is 17.2 Å². The minimum absolute atomic E-state index is 0.00255. The Bertz CT molecular complexity index is 682. The van der Waals surface area contributed by atoms with Crippen molar-refractivity contribution in [1.82, 2.24) is 15.2 Å². The highest BCUT2D eigenvalue weighted by Crippen LogP contribution is 2.33. The number of urea groups is 1. The number of carbonyl (C=O) groups excluding carboxylic acids is 1. The number of aryl methyl sites for hydroxylation is 1. The summed E-state index contributed by atoms with van der Waals surface area (Å²) in [6.07, 6.45) is 2.83. The zero-order valence-corrected chi connectivity index (χ0v) is 14.9. The monoisotopic (exact) mass is 349 g/mol. The van der Waals surface area contributed by atoms with E-state index in [4.69, 9.17) is 9.15 Å². The molecule has 0 spiro atoms. The molecule has 2 amide bonds. The molecule has 0 radical (unpaired) electrons. The average molecular weight is 349 g/mol. The largest absolute Gasteiger partial charge is 0.461 e. The lowest BCUT2D eigenvalue weighted by Crippen LogP contribution is -2.39. The minimum atomic E-state index is -0.0618. The zero-order chi connectivity index (χ0) is 16.9. The van der Waals surface area contributed by atoms with Gasteiger partial charge in [0.2, 0.25) is 0 Å². The van der Waals surface area contributed by atoms with Crippen molar-refractivity contribution in [2.45, 2.75) is 45.4 Å². The molecule has 3 heterocycles. The van der Waals surface area contributed by atoms with Crippen molar-refractivity contribution in [2.75, 3.05) is 13.7 Å². The second kappa shape index (κ2) is 7.81. The number of furan rings is 1. The van der Waals surface area contributed by atoms with E-state index in [1.54, 1.807) is 18.4 Å². The van der Waals surface area contributed by atoms with Crippen molar-refractivity contribution in [3.63, 3.8) is 0 Å². The van der Waals surface area contributed by atoms with Crippen molar-refractivity contribution in [1.29, 1.82) is 0 Å². The van der Waals surface area contributed by atoms with E-state index in [9.17, 15) is 4.79 Å². The lowest BCUT2D eigenvalue weighted by atomic mass is 10.2. The number of amides is 2. The van der Waals surface area contributed by atoms with Crippen LogP contribution in [0.1, 0.15) is 48.0 Å². The standard InChI is InChI=1S/C17H23N3O3S/c1-3-16-19-12(11-24-16)9-18-17(21)20-8-4-5-14(20)15-7-6-13(23-15)10-22-2/h6-7,11,14H,3-5,8-10H2,1-2H3,(H,18,21)/t14-/m0/s1. The number of nitrogens with zero attached hydrogens (tertiary/aromatic N) is 2. The van der Waals surface area contributed by atoms with Crippen LogP contribution in [0.25, 0.3) is 0 Å². The predicted molar refractivity (Wildman–Crippen MR) is 91.8 cm³/mol. The fourth-order valence-corrected chi connectivity index (χ4v) is 3.70. The summed E-state index contributed by atoms with van der Waals surface area (Å²) in [6, 6.07) is 3.79. The molecule has 1 N–H and O–H groups in total. The second-order valence-corrected chi connectivity index (χ2v) is 6.78. The van der Waals surface area contributed by atoms with E-state index in [1.165, 1.54) is 0 Å². The van der Waals surface area contributed by atoms with Gasteiger partial charge in [-0.1, -0.05) is 6.92 Å². The average Bonchev–Trinajstić information content (AvgIpc) is 3.32. The van der Waals surface area contributed by atoms with E-state index in [-0.39, 0.29) is 12.1 Å². The second-order valence-electron chi connectivity index (χ2n) is 5.83. The smallest absolute Gasteiger partial charge is 0.318 e. The van der Waals surface area contributed by atoms with Gasteiger partial charge in [0.1, 0.15) is 18.1 Å². The SMILES string of the molecule is CCc1nc(CNC(=O)N2CCC[C@H]2c2ccc(COC)o2)cs1. The molecule has 1 atom stereocenters. The molecule has 1 aliphatic rings. The van der Waals surface area contributed by atoms with Crippen LogP contribution in [0.5, 0.6) is 0 Å². The Morgan fingerprint density at radius 2 is 2.42 bits per heavy atom. The number of rotatable bonds is 6. The van der Waals surface area contributed by atoms with Crippen molar-refractivity contribution >= 4 is 17.4 Å². The van der Waals surface area contributed by atoms with Gasteiger partial charge >= 0.3 is 6.03 Å². The van der Waals surface area contributed by atoms with Crippen LogP contribution in [0.4, 0.5) is 4.79 Å². The first-order valence-electron chi connectivity index (χ1n) is 8.26. The molecular formula is C17H23N3O3S.